The van der Waals surface area contributed by atoms with Crippen molar-refractivity contribution in [2.75, 3.05) is 6.54 Å². The number of hydrogen-bond donors (Lipinski definition) is 1. The Labute approximate surface area is 135 Å². The van der Waals surface area contributed by atoms with Crippen molar-refractivity contribution in [1.82, 2.24) is 9.71 Å². The van der Waals surface area contributed by atoms with E-state index in [0.717, 1.165) is 18.6 Å². The molecule has 1 aromatic carbocycles. The van der Waals surface area contributed by atoms with Crippen LogP contribution in [0.5, 0.6) is 5.75 Å². The van der Waals surface area contributed by atoms with Gasteiger partial charge in [-0.1, -0.05) is 0 Å². The van der Waals surface area contributed by atoms with E-state index in [2.05, 4.69) is 9.71 Å². The van der Waals surface area contributed by atoms with Gasteiger partial charge in [0, 0.05) is 13.0 Å². The molecule has 6 nitrogen and oxygen atoms in total. The van der Waals surface area contributed by atoms with Crippen molar-refractivity contribution in [2.24, 2.45) is 0 Å². The van der Waals surface area contributed by atoms with Crippen LogP contribution in [0.4, 0.5) is 0 Å². The van der Waals surface area contributed by atoms with Crippen molar-refractivity contribution >= 4 is 10.0 Å². The predicted octanol–water partition coefficient (Wildman–Crippen LogP) is 2.52. The molecule has 1 heterocycles. The third kappa shape index (κ3) is 4.33. The van der Waals surface area contributed by atoms with Crippen LogP contribution in [0.1, 0.15) is 31.4 Å². The summed E-state index contributed by atoms with van der Waals surface area (Å²) in [4.78, 5) is 4.18. The van der Waals surface area contributed by atoms with E-state index < -0.39 is 10.0 Å². The summed E-state index contributed by atoms with van der Waals surface area (Å²) in [5, 5.41) is 0. The Kier molecular flexibility index (Phi) is 4.97. The molecule has 0 saturated heterocycles. The van der Waals surface area contributed by atoms with E-state index in [0.29, 0.717) is 12.1 Å². The molecule has 1 aliphatic rings. The minimum atomic E-state index is -3.52. The highest BCUT2D eigenvalue weighted by atomic mass is 32.2. The average Bonchev–Trinajstić information content (AvgIpc) is 3.21. The zero-order valence-corrected chi connectivity index (χ0v) is 13.6. The Bertz CT molecular complexity index is 705. The summed E-state index contributed by atoms with van der Waals surface area (Å²) in [5.41, 5.74) is 0.716. The van der Waals surface area contributed by atoms with Crippen molar-refractivity contribution in [2.45, 2.75) is 43.1 Å². The Morgan fingerprint density at radius 1 is 1.22 bits per heavy atom. The number of oxazole rings is 1. The Hall–Kier alpha value is -1.86. The lowest BCUT2D eigenvalue weighted by molar-refractivity contribution is 0.210. The molecule has 0 radical (unpaired) electrons. The Balaban J connectivity index is 1.56. The number of rotatable bonds is 7. The van der Waals surface area contributed by atoms with E-state index in [9.17, 15) is 8.42 Å². The molecule has 0 bridgehead atoms. The predicted molar refractivity (Wildman–Crippen MR) is 84.7 cm³/mol. The first-order valence-electron chi connectivity index (χ1n) is 7.77. The van der Waals surface area contributed by atoms with Crippen molar-refractivity contribution in [1.29, 1.82) is 0 Å². The molecule has 1 saturated carbocycles. The third-order valence-electron chi connectivity index (χ3n) is 3.90. The van der Waals surface area contributed by atoms with Crippen LogP contribution in [0.2, 0.25) is 0 Å². The second-order valence-corrected chi connectivity index (χ2v) is 7.39. The smallest absolute Gasteiger partial charge is 0.240 e. The van der Waals surface area contributed by atoms with Crippen LogP contribution in [-0.2, 0) is 16.4 Å². The molecule has 23 heavy (non-hydrogen) atoms. The molecule has 0 amide bonds. The standard InChI is InChI=1S/C16H20N2O4S/c19-23(20,18-10-9-13-11-21-12-17-13)16-7-5-15(6-8-16)22-14-3-1-2-4-14/h5-8,11-12,14,18H,1-4,9-10H2. The highest BCUT2D eigenvalue weighted by molar-refractivity contribution is 7.89. The minimum absolute atomic E-state index is 0.233. The summed E-state index contributed by atoms with van der Waals surface area (Å²) in [6.45, 7) is 0.273. The lowest BCUT2D eigenvalue weighted by Crippen LogP contribution is -2.26. The average molecular weight is 336 g/mol. The van der Waals surface area contributed by atoms with Crippen molar-refractivity contribution in [3.63, 3.8) is 0 Å². The van der Waals surface area contributed by atoms with E-state index >= 15 is 0 Å². The molecule has 1 fully saturated rings. The molecule has 1 aliphatic carbocycles. The summed E-state index contributed by atoms with van der Waals surface area (Å²) in [6, 6.07) is 6.57. The van der Waals surface area contributed by atoms with Crippen LogP contribution in [0.3, 0.4) is 0 Å². The monoisotopic (exact) mass is 336 g/mol. The number of nitrogens with zero attached hydrogens (tertiary/aromatic N) is 1. The lowest BCUT2D eigenvalue weighted by Gasteiger charge is -2.13. The van der Waals surface area contributed by atoms with E-state index in [1.807, 2.05) is 0 Å². The Morgan fingerprint density at radius 3 is 2.61 bits per heavy atom. The number of hydrogen-bond acceptors (Lipinski definition) is 5. The molecule has 0 unspecified atom stereocenters. The summed E-state index contributed by atoms with van der Waals surface area (Å²) in [5.74, 6) is 0.721. The molecule has 7 heteroatoms. The van der Waals surface area contributed by atoms with Crippen molar-refractivity contribution < 1.29 is 17.6 Å². The van der Waals surface area contributed by atoms with Gasteiger partial charge in [-0.15, -0.1) is 0 Å². The molecule has 1 N–H and O–H groups in total. The summed E-state index contributed by atoms with van der Waals surface area (Å²) >= 11 is 0. The fraction of sp³-hybridized carbons (Fsp3) is 0.438. The van der Waals surface area contributed by atoms with E-state index in [1.165, 1.54) is 25.5 Å². The van der Waals surface area contributed by atoms with E-state index in [-0.39, 0.29) is 17.5 Å². The number of benzene rings is 1. The number of sulfonamides is 1. The molecular weight excluding hydrogens is 316 g/mol. The van der Waals surface area contributed by atoms with Gasteiger partial charge in [0.25, 0.3) is 0 Å². The van der Waals surface area contributed by atoms with Gasteiger partial charge in [-0.3, -0.25) is 0 Å². The van der Waals surface area contributed by atoms with Crippen LogP contribution in [0.25, 0.3) is 0 Å². The van der Waals surface area contributed by atoms with Gasteiger partial charge in [-0.05, 0) is 49.9 Å². The topological polar surface area (TPSA) is 81.4 Å². The van der Waals surface area contributed by atoms with Gasteiger partial charge in [0.15, 0.2) is 6.39 Å². The first-order chi connectivity index (χ1) is 11.1. The highest BCUT2D eigenvalue weighted by Crippen LogP contribution is 2.24. The molecule has 0 atom stereocenters. The molecule has 124 valence electrons. The normalized spacial score (nSPS) is 15.8. The van der Waals surface area contributed by atoms with Gasteiger partial charge < -0.3 is 9.15 Å². The maximum Gasteiger partial charge on any atom is 0.240 e. The molecule has 3 rings (SSSR count). The fourth-order valence-corrected chi connectivity index (χ4v) is 3.69. The van der Waals surface area contributed by atoms with E-state index in [1.54, 1.807) is 24.3 Å². The zero-order chi connectivity index (χ0) is 16.1. The molecule has 0 aliphatic heterocycles. The van der Waals surface area contributed by atoms with E-state index in [4.69, 9.17) is 9.15 Å². The first kappa shape index (κ1) is 16.0. The van der Waals surface area contributed by atoms with Gasteiger partial charge in [0.05, 0.1) is 16.7 Å². The van der Waals surface area contributed by atoms with Crippen LogP contribution in [-0.4, -0.2) is 26.1 Å². The van der Waals surface area contributed by atoms with Gasteiger partial charge in [0.1, 0.15) is 12.0 Å². The number of nitrogens with one attached hydrogen (secondary N) is 1. The second-order valence-electron chi connectivity index (χ2n) is 5.62. The summed E-state index contributed by atoms with van der Waals surface area (Å²) < 4.78 is 37.7. The van der Waals surface area contributed by atoms with Crippen LogP contribution in [0.15, 0.2) is 46.2 Å². The fourth-order valence-electron chi connectivity index (χ4n) is 2.65. The van der Waals surface area contributed by atoms with Crippen LogP contribution >= 0.6 is 0 Å². The van der Waals surface area contributed by atoms with Gasteiger partial charge in [-0.2, -0.15) is 0 Å². The Morgan fingerprint density at radius 2 is 1.96 bits per heavy atom. The maximum atomic E-state index is 12.2. The number of aromatic nitrogens is 1. The molecule has 1 aromatic heterocycles. The number of ether oxygens (including phenoxy) is 1. The lowest BCUT2D eigenvalue weighted by atomic mass is 10.3. The highest BCUT2D eigenvalue weighted by Gasteiger charge is 2.17. The van der Waals surface area contributed by atoms with Crippen molar-refractivity contribution in [3.05, 3.63) is 42.6 Å². The maximum absolute atomic E-state index is 12.2. The van der Waals surface area contributed by atoms with Crippen molar-refractivity contribution in [3.8, 4) is 5.75 Å². The second kappa shape index (κ2) is 7.14. The van der Waals surface area contributed by atoms with Crippen LogP contribution in [0, 0.1) is 0 Å². The quantitative estimate of drug-likeness (QED) is 0.840. The minimum Gasteiger partial charge on any atom is -0.490 e. The van der Waals surface area contributed by atoms with Gasteiger partial charge >= 0.3 is 0 Å². The summed E-state index contributed by atoms with van der Waals surface area (Å²) in [6.07, 6.45) is 8.12. The van der Waals surface area contributed by atoms with Crippen LogP contribution < -0.4 is 9.46 Å². The third-order valence-corrected chi connectivity index (χ3v) is 5.37. The SMILES string of the molecule is O=S(=O)(NCCc1cocn1)c1ccc(OC2CCCC2)cc1. The zero-order valence-electron chi connectivity index (χ0n) is 12.8. The molecule has 0 spiro atoms. The molecule has 2 aromatic rings. The largest absolute Gasteiger partial charge is 0.490 e. The van der Waals surface area contributed by atoms with Gasteiger partial charge in [0.2, 0.25) is 10.0 Å². The first-order valence-corrected chi connectivity index (χ1v) is 9.25. The van der Waals surface area contributed by atoms with Gasteiger partial charge in [-0.25, -0.2) is 18.1 Å². The summed E-state index contributed by atoms with van der Waals surface area (Å²) in [7, 11) is -3.52. The molecular formula is C16H20N2O4S.